The van der Waals surface area contributed by atoms with E-state index in [1.807, 2.05) is 3.21 Å². The molecule has 0 aliphatic carbocycles. The fourth-order valence-corrected chi connectivity index (χ4v) is 37.4. The molecule has 3 heteroatoms. The molecule has 0 amide bonds. The Bertz CT molecular complexity index is 324. The van der Waals surface area contributed by atoms with Gasteiger partial charge < -0.3 is 0 Å². The topological polar surface area (TPSA) is 20.2 Å². The van der Waals surface area contributed by atoms with Gasteiger partial charge in [0.25, 0.3) is 0 Å². The molecule has 1 unspecified atom stereocenters. The molecule has 1 atom stereocenters. The second-order valence-corrected chi connectivity index (χ2v) is 28.4. The molecule has 0 aromatic rings. The van der Waals surface area contributed by atoms with Gasteiger partial charge in [0.15, 0.2) is 0 Å². The first-order valence-corrected chi connectivity index (χ1v) is 21.7. The van der Waals surface area contributed by atoms with E-state index in [-0.39, 0.29) is 6.10 Å². The van der Waals surface area contributed by atoms with Crippen LogP contribution in [-0.2, 0) is 0 Å². The van der Waals surface area contributed by atoms with Crippen LogP contribution in [-0.4, -0.2) is 37.7 Å². The third kappa shape index (κ3) is 8.89. The Labute approximate surface area is 158 Å². The zero-order valence-corrected chi connectivity index (χ0v) is 21.7. The molecule has 0 spiro atoms. The Kier molecular flexibility index (Phi) is 13.4. The van der Waals surface area contributed by atoms with Crippen LogP contribution in [0.15, 0.2) is 9.29 Å². The molecule has 0 aromatic heterocycles. The van der Waals surface area contributed by atoms with Crippen LogP contribution in [0, 0.1) is 0 Å². The average molecular weight is 461 g/mol. The van der Waals surface area contributed by atoms with Crippen LogP contribution in [0.5, 0.6) is 0 Å². The number of aliphatic hydroxyl groups excluding tert-OH is 1. The quantitative estimate of drug-likeness (QED) is 0.268. The van der Waals surface area contributed by atoms with Gasteiger partial charge in [-0.15, -0.1) is 0 Å². The van der Waals surface area contributed by atoms with Crippen LogP contribution >= 0.6 is 0 Å². The van der Waals surface area contributed by atoms with Crippen molar-refractivity contribution in [3.63, 3.8) is 0 Å². The molecule has 1 nitrogen and oxygen atoms in total. The molecule has 0 saturated heterocycles. The van der Waals surface area contributed by atoms with Gasteiger partial charge in [0.2, 0.25) is 0 Å². The first-order chi connectivity index (χ1) is 11.3. The van der Waals surface area contributed by atoms with E-state index in [1.165, 1.54) is 51.8 Å². The molecule has 0 bridgehead atoms. The summed E-state index contributed by atoms with van der Waals surface area (Å²) in [5.41, 5.74) is 0. The summed E-state index contributed by atoms with van der Waals surface area (Å²) in [5, 5.41) is 10.6. The van der Waals surface area contributed by atoms with Crippen molar-refractivity contribution in [3.05, 3.63) is 9.29 Å². The van der Waals surface area contributed by atoms with E-state index in [0.717, 1.165) is 12.8 Å². The fourth-order valence-electron chi connectivity index (χ4n) is 4.12. The Morgan fingerprint density at radius 2 is 1.25 bits per heavy atom. The number of rotatable bonds is 14. The summed E-state index contributed by atoms with van der Waals surface area (Å²) in [6, 6.07) is 0. The number of unbranched alkanes of at least 4 members (excludes halogenated alkanes) is 3. The van der Waals surface area contributed by atoms with Crippen LogP contribution in [0.1, 0.15) is 79.1 Å². The minimum atomic E-state index is -2.37. The van der Waals surface area contributed by atoms with Crippen LogP contribution in [0.3, 0.4) is 0 Å². The second kappa shape index (κ2) is 13.0. The summed E-state index contributed by atoms with van der Waals surface area (Å²) in [4.78, 5) is 0. The number of hydrogen-bond donors (Lipinski definition) is 1. The van der Waals surface area contributed by atoms with E-state index in [0.29, 0.717) is 0 Å². The molecule has 144 valence electrons. The zero-order chi connectivity index (χ0) is 18.6. The number of aliphatic hydroxyl groups is 1. The summed E-state index contributed by atoms with van der Waals surface area (Å²) >= 11 is -2.37. The predicted molar refractivity (Wildman–Crippen MR) is 117 cm³/mol. The van der Waals surface area contributed by atoms with E-state index >= 15 is 0 Å². The molecule has 0 saturated carbocycles. The Hall–Kier alpha value is 0.716. The maximum absolute atomic E-state index is 10.6. The van der Waals surface area contributed by atoms with Gasteiger partial charge in [0, 0.05) is 0 Å². The van der Waals surface area contributed by atoms with Crippen molar-refractivity contribution < 1.29 is 5.11 Å². The van der Waals surface area contributed by atoms with E-state index in [4.69, 9.17) is 0 Å². The van der Waals surface area contributed by atoms with Crippen molar-refractivity contribution in [2.45, 2.75) is 118 Å². The van der Waals surface area contributed by atoms with Crippen molar-refractivity contribution >= 4 is 26.5 Å². The molecule has 0 aliphatic rings. The summed E-state index contributed by atoms with van der Waals surface area (Å²) in [7, 11) is -1.37. The van der Waals surface area contributed by atoms with Gasteiger partial charge in [0.05, 0.1) is 0 Å². The predicted octanol–water partition coefficient (Wildman–Crippen LogP) is 7.34. The summed E-state index contributed by atoms with van der Waals surface area (Å²) < 4.78 is 6.47. The molecule has 0 aromatic carbocycles. The van der Waals surface area contributed by atoms with Gasteiger partial charge in [-0.05, 0) is 0 Å². The summed E-state index contributed by atoms with van der Waals surface area (Å²) in [5.74, 6) is 0. The van der Waals surface area contributed by atoms with Crippen molar-refractivity contribution in [2.75, 3.05) is 0 Å². The Balaban J connectivity index is 5.89. The molecule has 0 aliphatic heterocycles. The molecule has 0 heterocycles. The van der Waals surface area contributed by atoms with Gasteiger partial charge in [-0.2, -0.15) is 0 Å². The fraction of sp³-hybridized carbons (Fsp3) is 0.905. The van der Waals surface area contributed by atoms with Crippen molar-refractivity contribution in [3.8, 4) is 0 Å². The van der Waals surface area contributed by atoms with Gasteiger partial charge >= 0.3 is 159 Å². The van der Waals surface area contributed by atoms with Crippen molar-refractivity contribution in [1.82, 2.24) is 0 Å². The molecule has 1 N–H and O–H groups in total. The van der Waals surface area contributed by atoms with Crippen molar-refractivity contribution in [1.29, 1.82) is 0 Å². The van der Waals surface area contributed by atoms with Crippen LogP contribution in [0.4, 0.5) is 0 Å². The average Bonchev–Trinajstić information content (AvgIpc) is 2.52. The molecule has 0 fully saturated rings. The number of hydrogen-bond acceptors (Lipinski definition) is 1. The molecule has 24 heavy (non-hydrogen) atoms. The van der Waals surface area contributed by atoms with E-state index < -0.39 is 26.5 Å². The molecular weight excluding hydrogens is 415 g/mol. The van der Waals surface area contributed by atoms with E-state index in [2.05, 4.69) is 53.4 Å². The second-order valence-electron chi connectivity index (χ2n) is 8.78. The van der Waals surface area contributed by atoms with E-state index in [9.17, 15) is 5.11 Å². The maximum atomic E-state index is 10.6. The van der Waals surface area contributed by atoms with E-state index in [1.54, 1.807) is 0 Å². The molecule has 0 rings (SSSR count). The normalized spacial score (nSPS) is 14.9. The van der Waals surface area contributed by atoms with Crippen molar-refractivity contribution in [2.24, 2.45) is 0 Å². The molecule has 0 radical (unpaired) electrons. The summed E-state index contributed by atoms with van der Waals surface area (Å²) in [6.07, 6.45) is 12.4. The third-order valence-electron chi connectivity index (χ3n) is 5.35. The minimum absolute atomic E-state index is 0.197. The van der Waals surface area contributed by atoms with Gasteiger partial charge in [-0.25, -0.2) is 0 Å². The molecular formula is C21H46OSiSn. The zero-order valence-electron chi connectivity index (χ0n) is 17.9. The SMILES string of the molecule is CCC[CH2][Sn]([CH2]CCC)([CH2]CCC)/[C](=C\C(O)CCC)[Si](C)(C)C. The van der Waals surface area contributed by atoms with Crippen LogP contribution in [0.25, 0.3) is 0 Å². The first-order valence-electron chi connectivity index (χ1n) is 10.7. The first kappa shape index (κ1) is 24.7. The Morgan fingerprint density at radius 3 is 1.54 bits per heavy atom. The van der Waals surface area contributed by atoms with Crippen LogP contribution in [0.2, 0.25) is 33.0 Å². The van der Waals surface area contributed by atoms with Gasteiger partial charge in [-0.3, -0.25) is 0 Å². The third-order valence-corrected chi connectivity index (χ3v) is 32.1. The van der Waals surface area contributed by atoms with Gasteiger partial charge in [-0.1, -0.05) is 0 Å². The monoisotopic (exact) mass is 462 g/mol. The summed E-state index contributed by atoms with van der Waals surface area (Å²) in [6.45, 7) is 16.8. The van der Waals surface area contributed by atoms with Crippen LogP contribution < -0.4 is 0 Å². The standard InChI is InChI=1S/C9H19OSi.3C4H9.Sn/c1-5-6-9(10)7-8-11(2,3)4;3*1-3-4-2;/h7,9-10H,5-6H2,1-4H3;3*1,3-4H2,2H3;. The Morgan fingerprint density at radius 1 is 0.833 bits per heavy atom. The van der Waals surface area contributed by atoms with Gasteiger partial charge in [0.1, 0.15) is 0 Å².